The van der Waals surface area contributed by atoms with Gasteiger partial charge in [0.05, 0.1) is 59.2 Å². The maximum atomic E-state index is 13.4. The van der Waals surface area contributed by atoms with Crippen molar-refractivity contribution in [2.75, 3.05) is 59.2 Å². The molecule has 5 aliphatic rings. The van der Waals surface area contributed by atoms with Gasteiger partial charge in [0, 0.05) is 233 Å². The van der Waals surface area contributed by atoms with E-state index < -0.39 is 0 Å². The van der Waals surface area contributed by atoms with Crippen molar-refractivity contribution in [1.29, 1.82) is 0 Å². The lowest BCUT2D eigenvalue weighted by molar-refractivity contribution is 0.0934. The first-order valence-corrected chi connectivity index (χ1v) is 47.9. The van der Waals surface area contributed by atoms with E-state index in [1.54, 1.807) is 9.36 Å². The van der Waals surface area contributed by atoms with Crippen molar-refractivity contribution >= 4 is 77.9 Å². The molecule has 0 saturated heterocycles. The fraction of sp³-hybridized carbons (Fsp3) is 0.291. The molecule has 28 heteroatoms. The van der Waals surface area contributed by atoms with E-state index in [4.69, 9.17) is 4.74 Å². The third kappa shape index (κ3) is 20.8. The zero-order valence-corrected chi connectivity index (χ0v) is 78.0. The van der Waals surface area contributed by atoms with Gasteiger partial charge in [-0.05, 0) is 103 Å². The molecule has 706 valence electrons. The van der Waals surface area contributed by atoms with E-state index in [1.807, 2.05) is 126 Å². The minimum Gasteiger partial charge on any atom is -0.493 e. The van der Waals surface area contributed by atoms with Crippen LogP contribution in [0.1, 0.15) is 148 Å². The second kappa shape index (κ2) is 42.8. The van der Waals surface area contributed by atoms with Gasteiger partial charge in [0.1, 0.15) is 5.75 Å². The van der Waals surface area contributed by atoms with Crippen LogP contribution in [0, 0.1) is 13.8 Å². The molecule has 0 bridgehead atoms. The van der Waals surface area contributed by atoms with Crippen molar-refractivity contribution in [3.63, 3.8) is 0 Å². The molecule has 0 spiro atoms. The summed E-state index contributed by atoms with van der Waals surface area (Å²) in [5.74, 6) is 0.329. The lowest BCUT2D eigenvalue weighted by Gasteiger charge is -2.28. The highest BCUT2D eigenvalue weighted by molar-refractivity contribution is 5.97. The van der Waals surface area contributed by atoms with Gasteiger partial charge in [-0.1, -0.05) is 217 Å². The fourth-order valence-electron chi connectivity index (χ4n) is 20.3. The number of amides is 4. The van der Waals surface area contributed by atoms with E-state index in [1.165, 1.54) is 55.1 Å². The zero-order chi connectivity index (χ0) is 94.5. The molecule has 22 rings (SSSR count). The predicted molar refractivity (Wildman–Crippen MR) is 534 cm³/mol. The van der Waals surface area contributed by atoms with Gasteiger partial charge in [0.2, 0.25) is 0 Å². The van der Waals surface area contributed by atoms with Gasteiger partial charge in [-0.25, -0.2) is 0 Å². The van der Waals surface area contributed by atoms with E-state index in [0.29, 0.717) is 101 Å². The number of fused-ring (bicyclic) bond motifs is 10. The first-order chi connectivity index (χ1) is 67.7. The molecule has 0 radical (unpaired) electrons. The van der Waals surface area contributed by atoms with E-state index >= 15 is 0 Å². The Hall–Kier alpha value is -14.5. The van der Waals surface area contributed by atoms with Crippen LogP contribution in [0.15, 0.2) is 243 Å². The molecule has 0 atom stereocenters. The summed E-state index contributed by atoms with van der Waals surface area (Å²) < 4.78 is 13.1. The van der Waals surface area contributed by atoms with Gasteiger partial charge in [-0.2, -0.15) is 20.4 Å². The van der Waals surface area contributed by atoms with Crippen molar-refractivity contribution < 1.29 is 44.3 Å². The Balaban J connectivity index is 0.000000118. The number of aryl methyl sites for hydroxylation is 2. The molecule has 0 unspecified atom stereocenters. The summed E-state index contributed by atoms with van der Waals surface area (Å²) in [7, 11) is 0. The highest BCUT2D eigenvalue weighted by Gasteiger charge is 2.35. The average molecular weight is 1850 g/mol. The van der Waals surface area contributed by atoms with Crippen LogP contribution in [-0.4, -0.2) is 177 Å². The Morgan fingerprint density at radius 3 is 1.12 bits per heavy atom. The van der Waals surface area contributed by atoms with Crippen LogP contribution in [0.5, 0.6) is 5.75 Å². The minimum atomic E-state index is -0.179. The number of rotatable bonds is 28. The molecule has 5 aliphatic heterocycles. The Morgan fingerprint density at radius 1 is 0.348 bits per heavy atom. The van der Waals surface area contributed by atoms with E-state index in [0.717, 1.165) is 202 Å². The maximum absolute atomic E-state index is 13.4. The molecule has 10 aromatic carbocycles. The van der Waals surface area contributed by atoms with E-state index in [-0.39, 0.29) is 50.1 Å². The van der Waals surface area contributed by atoms with Gasteiger partial charge < -0.3 is 61.4 Å². The lowest BCUT2D eigenvalue weighted by Crippen LogP contribution is -2.32. The van der Waals surface area contributed by atoms with Crippen molar-refractivity contribution in [2.45, 2.75) is 151 Å². The normalized spacial score (nSPS) is 14.1. The minimum absolute atomic E-state index is 0.00246. The molecule has 11 N–H and O–H groups in total. The third-order valence-corrected chi connectivity index (χ3v) is 27.1. The molecule has 28 nitrogen and oxygen atoms in total. The smallest absolute Gasteiger partial charge is 0.272 e. The number of hydrogen-bond acceptors (Lipinski definition) is 17. The van der Waals surface area contributed by atoms with Crippen LogP contribution >= 0.6 is 0 Å². The number of aliphatic hydroxyl groups excluding tert-OH is 4. The third-order valence-electron chi connectivity index (χ3n) is 27.1. The maximum Gasteiger partial charge on any atom is 0.272 e. The summed E-state index contributed by atoms with van der Waals surface area (Å²) in [6.07, 6.45) is 10.3. The number of hydrogen-bond donors (Lipinski definition) is 11. The first-order valence-electron chi connectivity index (χ1n) is 47.9. The number of ether oxygens (including phenoxy) is 1. The molecule has 138 heavy (non-hydrogen) atoms. The zero-order valence-electron chi connectivity index (χ0n) is 78.0. The van der Waals surface area contributed by atoms with Crippen LogP contribution in [0.25, 0.3) is 54.3 Å². The Morgan fingerprint density at radius 2 is 0.696 bits per heavy atom. The van der Waals surface area contributed by atoms with Gasteiger partial charge in [-0.3, -0.25) is 57.5 Å². The number of carbonyl (C=O) groups excluding carboxylic acids is 4. The standard InChI is InChI=1S/C29H29N5O2.C29H30N4O3.2C26H29N5O2/c35-16-15-34-26-12-14-33(18-23-9-4-7-21-11-13-30-27(21)23)19-25(26)28(32-34)29(36)31-17-22-8-3-6-20-5-1-2-10-24(20)22;34-15-14-33-26-11-13-32(18-23-9-4-7-21-12-16-36-28(21)23)19-25(26)27(31-33)29(35)30-17-22-8-3-6-20-5-1-2-10-24(20)22;2*1-18-5-4-6-19(13-18)14-28-26(33)25-22-17-30(10-9-24(22)31(29-25)11-12-32)16-20-15-27-23-8-3-2-7-21(20)23/h1-11,13,30,35H,12,14-19H2,(H,31,36);1-10,34H,11-19H2,(H,30,35);2*2-8,13,15,27,32H,9-12,14,16-17H2,1H3,(H,28,33). The van der Waals surface area contributed by atoms with Gasteiger partial charge in [0.25, 0.3) is 23.6 Å². The van der Waals surface area contributed by atoms with E-state index in [9.17, 15) is 39.6 Å². The number of aromatic amines is 3. The molecule has 12 heterocycles. The number of benzene rings is 10. The quantitative estimate of drug-likeness (QED) is 0.0217. The largest absolute Gasteiger partial charge is 0.493 e. The van der Waals surface area contributed by atoms with E-state index in [2.05, 4.69) is 216 Å². The number of nitrogens with zero attached hydrogens (tertiary/aromatic N) is 12. The lowest BCUT2D eigenvalue weighted by atomic mass is 10.0. The summed E-state index contributed by atoms with van der Waals surface area (Å²) in [6.45, 7) is 17.4. The topological polar surface area (TPSA) is 338 Å². The highest BCUT2D eigenvalue weighted by atomic mass is 16.5. The van der Waals surface area contributed by atoms with Crippen molar-refractivity contribution in [3.05, 3.63) is 372 Å². The number of aromatic nitrogens is 11. The molecule has 17 aromatic rings. The second-order valence-electron chi connectivity index (χ2n) is 36.3. The molecular weight excluding hydrogens is 1730 g/mol. The second-order valence-corrected chi connectivity index (χ2v) is 36.3. The van der Waals surface area contributed by atoms with Crippen molar-refractivity contribution in [1.82, 2.24) is 94.9 Å². The van der Waals surface area contributed by atoms with Crippen LogP contribution in [0.2, 0.25) is 0 Å². The van der Waals surface area contributed by atoms with Crippen LogP contribution in [0.3, 0.4) is 0 Å². The van der Waals surface area contributed by atoms with Crippen molar-refractivity contribution in [2.24, 2.45) is 0 Å². The Kier molecular flexibility index (Phi) is 28.8. The van der Waals surface area contributed by atoms with Crippen LogP contribution in [-0.2, 0) is 137 Å². The summed E-state index contributed by atoms with van der Waals surface area (Å²) >= 11 is 0. The molecule has 0 fully saturated rings. The molecule has 0 saturated carbocycles. The number of aliphatic hydroxyl groups is 4. The monoisotopic (exact) mass is 1850 g/mol. The Bertz CT molecular complexity index is 7040. The number of carbonyl (C=O) groups is 4. The summed E-state index contributed by atoms with van der Waals surface area (Å²) in [6, 6.07) is 76.4. The number of H-pyrrole nitrogens is 3. The Labute approximate surface area is 800 Å². The van der Waals surface area contributed by atoms with Gasteiger partial charge in [0.15, 0.2) is 22.8 Å². The summed E-state index contributed by atoms with van der Waals surface area (Å²) in [5, 5.41) is 77.2. The highest BCUT2D eigenvalue weighted by Crippen LogP contribution is 2.36. The van der Waals surface area contributed by atoms with Crippen molar-refractivity contribution in [3.8, 4) is 5.75 Å². The average Bonchev–Trinajstić information content (AvgIpc) is 1.64. The van der Waals surface area contributed by atoms with Crippen LogP contribution in [0.4, 0.5) is 0 Å². The molecule has 7 aromatic heterocycles. The summed E-state index contributed by atoms with van der Waals surface area (Å²) in [4.78, 5) is 72.5. The number of nitrogens with one attached hydrogen (secondary N) is 7. The predicted octanol–water partition coefficient (Wildman–Crippen LogP) is 13.8. The van der Waals surface area contributed by atoms with Gasteiger partial charge >= 0.3 is 0 Å². The van der Waals surface area contributed by atoms with Gasteiger partial charge in [-0.15, -0.1) is 0 Å². The molecule has 0 aliphatic carbocycles. The fourth-order valence-corrected chi connectivity index (χ4v) is 20.3. The SMILES string of the molecule is Cc1cccc(CNC(=O)c2nn(CCO)c3c2CN(Cc2c[nH]c4ccccc24)CC3)c1.Cc1cccc(CNC(=O)c2nn(CCO)c3c2CN(Cc2c[nH]c4ccccc24)CC3)c1.O=C(NCc1cccc2ccccc12)c1nn(CCO)c2c1CN(Cc1cccc3c1OCC3)CC2.O=C(NCc1cccc2ccccc12)c1nn(CCO)c2c1CN(Cc1cccc3cc[nH]c13)CC2. The molecule has 4 amide bonds. The van der Waals surface area contributed by atoms with Crippen LogP contribution < -0.4 is 26.0 Å². The first kappa shape index (κ1) is 92.6. The summed E-state index contributed by atoms with van der Waals surface area (Å²) in [5.41, 5.74) is 26.2. The molecular formula is C110H117N19O9. The number of para-hydroxylation sites is 4.